The van der Waals surface area contributed by atoms with E-state index in [-0.39, 0.29) is 25.7 Å². The summed E-state index contributed by atoms with van der Waals surface area (Å²) in [5.41, 5.74) is 0. The molecule has 0 saturated heterocycles. The molecule has 0 aromatic carbocycles. The summed E-state index contributed by atoms with van der Waals surface area (Å²) in [6, 6.07) is 0. The number of unbranched alkanes of at least 4 members (excludes halogenated alkanes) is 39. The molecule has 92 heavy (non-hydrogen) atoms. The summed E-state index contributed by atoms with van der Waals surface area (Å²) < 4.78 is 68.4. The number of carbonyl (C=O) groups excluding carboxylic acids is 4. The lowest BCUT2D eigenvalue weighted by atomic mass is 10.0. The molecule has 0 fully saturated rings. The predicted octanol–water partition coefficient (Wildman–Crippen LogP) is 21.0. The molecule has 3 N–H and O–H groups in total. The third kappa shape index (κ3) is 66.7. The lowest BCUT2D eigenvalue weighted by molar-refractivity contribution is -0.161. The number of phosphoric acid groups is 2. The minimum absolute atomic E-state index is 0.106. The number of hydrogen-bond acceptors (Lipinski definition) is 15. The van der Waals surface area contributed by atoms with Crippen molar-refractivity contribution in [1.82, 2.24) is 0 Å². The van der Waals surface area contributed by atoms with Crippen molar-refractivity contribution < 1.29 is 80.2 Å². The maximum Gasteiger partial charge on any atom is 0.472 e. The Balaban J connectivity index is 5.25. The van der Waals surface area contributed by atoms with Crippen LogP contribution in [-0.4, -0.2) is 96.7 Å². The monoisotopic (exact) mass is 1350 g/mol. The lowest BCUT2D eigenvalue weighted by Gasteiger charge is -2.21. The van der Waals surface area contributed by atoms with Crippen LogP contribution in [-0.2, 0) is 65.4 Å². The number of ether oxygens (including phenoxy) is 4. The summed E-state index contributed by atoms with van der Waals surface area (Å²) >= 11 is 0. The molecule has 0 aliphatic rings. The van der Waals surface area contributed by atoms with Gasteiger partial charge in [-0.2, -0.15) is 0 Å². The van der Waals surface area contributed by atoms with Crippen LogP contribution in [0.5, 0.6) is 0 Å². The third-order valence-corrected chi connectivity index (χ3v) is 18.8. The van der Waals surface area contributed by atoms with Gasteiger partial charge in [0.25, 0.3) is 0 Å². The highest BCUT2D eigenvalue weighted by Gasteiger charge is 2.30. The summed E-state index contributed by atoms with van der Waals surface area (Å²) in [7, 11) is -9.91. The second kappa shape index (κ2) is 63.8. The summed E-state index contributed by atoms with van der Waals surface area (Å²) in [6.45, 7) is 11.9. The van der Waals surface area contributed by atoms with Gasteiger partial charge in [-0.1, -0.05) is 318 Å². The van der Waals surface area contributed by atoms with Crippen LogP contribution < -0.4 is 0 Å². The SMILES string of the molecule is CCCCCCCCCCCCC(=O)OC[C@H](COP(=O)(O)OC[C@H](O)COP(=O)(O)OC[C@@H](COC(=O)CCCCCCCCCCCCC(C)C)OC(=O)CCCCCCCCCCCCCCCC(C)C)OC(=O)CCCCCCCCCCCCC(C)C. The molecule has 2 unspecified atom stereocenters. The minimum atomic E-state index is -4.95. The fourth-order valence-corrected chi connectivity index (χ4v) is 12.7. The molecular formula is C73H142O17P2. The summed E-state index contributed by atoms with van der Waals surface area (Å²) in [5.74, 6) is 0.176. The molecule has 17 nitrogen and oxygen atoms in total. The lowest BCUT2D eigenvalue weighted by Crippen LogP contribution is -2.30. The molecule has 0 heterocycles. The van der Waals surface area contributed by atoms with Gasteiger partial charge >= 0.3 is 39.5 Å². The van der Waals surface area contributed by atoms with Crippen molar-refractivity contribution in [1.29, 1.82) is 0 Å². The molecule has 0 aliphatic carbocycles. The number of carbonyl (C=O) groups is 4. The second-order valence-electron chi connectivity index (χ2n) is 27.8. The van der Waals surface area contributed by atoms with E-state index in [2.05, 4.69) is 48.5 Å². The topological polar surface area (TPSA) is 237 Å². The van der Waals surface area contributed by atoms with E-state index in [1.807, 2.05) is 0 Å². The van der Waals surface area contributed by atoms with Crippen molar-refractivity contribution in [2.24, 2.45) is 17.8 Å². The molecule has 0 aromatic rings. The molecule has 0 saturated carbocycles. The molecule has 0 aromatic heterocycles. The molecule has 0 rings (SSSR count). The van der Waals surface area contributed by atoms with Gasteiger partial charge in [-0.05, 0) is 43.4 Å². The Labute approximate surface area is 562 Å². The zero-order chi connectivity index (χ0) is 68.0. The average molecular weight is 1350 g/mol. The standard InChI is InChI=1S/C73H142O17P2/c1-8-9-10-11-12-13-26-33-40-47-54-70(75)83-60-68(90-73(78)57-50-43-36-29-22-20-25-32-39-46-53-66(6)7)62-87-91(79,80)85-58-67(74)59-86-92(81,82)88-63-69(61-84-71(76)55-48-41-34-27-21-19-24-31-38-45-52-65(4)5)89-72(77)56-49-42-35-28-18-16-14-15-17-23-30-37-44-51-64(2)3/h64-69,74H,8-63H2,1-7H3,(H,79,80)(H,81,82)/t67-,68+,69+/m0/s1. The molecule has 0 radical (unpaired) electrons. The van der Waals surface area contributed by atoms with E-state index in [1.54, 1.807) is 0 Å². The maximum absolute atomic E-state index is 13.1. The summed E-state index contributed by atoms with van der Waals surface area (Å²) in [5, 5.41) is 10.6. The molecule has 0 amide bonds. The van der Waals surface area contributed by atoms with Gasteiger partial charge in [-0.15, -0.1) is 0 Å². The van der Waals surface area contributed by atoms with Crippen LogP contribution in [0, 0.1) is 17.8 Å². The number of esters is 4. The largest absolute Gasteiger partial charge is 0.472 e. The Hall–Kier alpha value is -1.94. The molecule has 546 valence electrons. The van der Waals surface area contributed by atoms with Crippen molar-refractivity contribution in [2.75, 3.05) is 39.6 Å². The van der Waals surface area contributed by atoms with E-state index in [0.29, 0.717) is 25.7 Å². The molecular weight excluding hydrogens is 1210 g/mol. The first-order valence-electron chi connectivity index (χ1n) is 37.8. The molecule has 0 bridgehead atoms. The highest BCUT2D eigenvalue weighted by molar-refractivity contribution is 7.47. The number of phosphoric ester groups is 2. The number of aliphatic hydroxyl groups excluding tert-OH is 1. The van der Waals surface area contributed by atoms with Crippen molar-refractivity contribution in [2.45, 2.75) is 388 Å². The van der Waals surface area contributed by atoms with Gasteiger partial charge in [0.1, 0.15) is 19.3 Å². The highest BCUT2D eigenvalue weighted by Crippen LogP contribution is 2.45. The average Bonchev–Trinajstić information content (AvgIpc) is 3.16. The maximum atomic E-state index is 13.1. The summed E-state index contributed by atoms with van der Waals surface area (Å²) in [4.78, 5) is 72.7. The minimum Gasteiger partial charge on any atom is -0.462 e. The Morgan fingerprint density at radius 1 is 0.293 bits per heavy atom. The van der Waals surface area contributed by atoms with E-state index in [1.165, 1.54) is 180 Å². The molecule has 0 aliphatic heterocycles. The fourth-order valence-electron chi connectivity index (χ4n) is 11.1. The Morgan fingerprint density at radius 3 is 0.739 bits per heavy atom. The fraction of sp³-hybridized carbons (Fsp3) is 0.945. The molecule has 5 atom stereocenters. The van der Waals surface area contributed by atoms with Crippen LogP contribution in [0.25, 0.3) is 0 Å². The Morgan fingerprint density at radius 2 is 0.500 bits per heavy atom. The Bertz CT molecular complexity index is 1800. The zero-order valence-corrected chi connectivity index (χ0v) is 61.8. The van der Waals surface area contributed by atoms with E-state index < -0.39 is 97.5 Å². The first-order valence-corrected chi connectivity index (χ1v) is 40.8. The highest BCUT2D eigenvalue weighted by atomic mass is 31.2. The van der Waals surface area contributed by atoms with Gasteiger partial charge in [0.15, 0.2) is 12.2 Å². The van der Waals surface area contributed by atoms with Crippen LogP contribution in [0.1, 0.15) is 370 Å². The third-order valence-electron chi connectivity index (χ3n) is 16.9. The zero-order valence-electron chi connectivity index (χ0n) is 60.0. The van der Waals surface area contributed by atoms with Crippen LogP contribution in [0.4, 0.5) is 0 Å². The summed E-state index contributed by atoms with van der Waals surface area (Å²) in [6.07, 6.45) is 48.5. The van der Waals surface area contributed by atoms with Gasteiger partial charge < -0.3 is 33.8 Å². The van der Waals surface area contributed by atoms with Crippen LogP contribution in [0.15, 0.2) is 0 Å². The van der Waals surface area contributed by atoms with Crippen LogP contribution in [0.3, 0.4) is 0 Å². The van der Waals surface area contributed by atoms with E-state index in [0.717, 1.165) is 108 Å². The quantitative estimate of drug-likeness (QED) is 0.0222. The molecule has 19 heteroatoms. The van der Waals surface area contributed by atoms with Crippen molar-refractivity contribution in [3.8, 4) is 0 Å². The van der Waals surface area contributed by atoms with Gasteiger partial charge in [-0.3, -0.25) is 37.3 Å². The van der Waals surface area contributed by atoms with Gasteiger partial charge in [-0.25, -0.2) is 9.13 Å². The smallest absolute Gasteiger partial charge is 0.462 e. The first-order chi connectivity index (χ1) is 44.2. The second-order valence-corrected chi connectivity index (χ2v) is 30.7. The van der Waals surface area contributed by atoms with Crippen LogP contribution in [0.2, 0.25) is 0 Å². The van der Waals surface area contributed by atoms with Crippen molar-refractivity contribution in [3.63, 3.8) is 0 Å². The number of aliphatic hydroxyl groups is 1. The van der Waals surface area contributed by atoms with Crippen molar-refractivity contribution >= 4 is 39.5 Å². The van der Waals surface area contributed by atoms with Crippen molar-refractivity contribution in [3.05, 3.63) is 0 Å². The van der Waals surface area contributed by atoms with E-state index in [9.17, 15) is 43.2 Å². The normalized spacial score (nSPS) is 14.1. The first kappa shape index (κ1) is 90.1. The van der Waals surface area contributed by atoms with Gasteiger partial charge in [0.05, 0.1) is 26.4 Å². The van der Waals surface area contributed by atoms with Gasteiger partial charge in [0, 0.05) is 25.7 Å². The van der Waals surface area contributed by atoms with E-state index in [4.69, 9.17) is 37.0 Å². The Kier molecular flexibility index (Phi) is 62.4. The molecule has 0 spiro atoms. The number of hydrogen-bond donors (Lipinski definition) is 3. The van der Waals surface area contributed by atoms with Crippen LogP contribution >= 0.6 is 15.6 Å². The number of rotatable bonds is 71. The van der Waals surface area contributed by atoms with Gasteiger partial charge in [0.2, 0.25) is 0 Å². The predicted molar refractivity (Wildman–Crippen MR) is 372 cm³/mol. The van der Waals surface area contributed by atoms with E-state index >= 15 is 0 Å².